The van der Waals surface area contributed by atoms with Crippen LogP contribution in [0.4, 0.5) is 5.82 Å². The monoisotopic (exact) mass is 259 g/mol. The van der Waals surface area contributed by atoms with Crippen LogP contribution in [0.3, 0.4) is 0 Å². The summed E-state index contributed by atoms with van der Waals surface area (Å²) in [6.45, 7) is 9.08. The highest BCUT2D eigenvalue weighted by Crippen LogP contribution is 2.24. The van der Waals surface area contributed by atoms with Crippen LogP contribution in [0.15, 0.2) is 6.20 Å². The van der Waals surface area contributed by atoms with Gasteiger partial charge in [-0.25, -0.2) is 9.97 Å². The second kappa shape index (κ2) is 5.38. The predicted octanol–water partition coefficient (Wildman–Crippen LogP) is 2.49. The second-order valence-corrected chi connectivity index (χ2v) is 4.65. The minimum atomic E-state index is 0.747. The average molecular weight is 259 g/mol. The minimum Gasteiger partial charge on any atom is -0.370 e. The lowest BCUT2D eigenvalue weighted by atomic mass is 10.1. The molecule has 2 aromatic rings. The van der Waals surface area contributed by atoms with Gasteiger partial charge in [0, 0.05) is 31.0 Å². The van der Waals surface area contributed by atoms with Gasteiger partial charge in [-0.1, -0.05) is 6.92 Å². The Morgan fingerprint density at radius 1 is 1.16 bits per heavy atom. The third-order valence-electron chi connectivity index (χ3n) is 3.17. The summed E-state index contributed by atoms with van der Waals surface area (Å²) < 4.78 is 1.80. The van der Waals surface area contributed by atoms with Gasteiger partial charge in [-0.05, 0) is 27.2 Å². The molecule has 0 aliphatic rings. The number of hydrogen-bond donors (Lipinski definition) is 1. The molecule has 2 rings (SSSR count). The SMILES string of the molecule is CCNc1nc(-c2cn(C)nc2C)nc(C)c1CC. The molecule has 0 bridgehead atoms. The lowest BCUT2D eigenvalue weighted by Crippen LogP contribution is -2.08. The molecule has 0 unspecified atom stereocenters. The number of nitrogens with one attached hydrogen (secondary N) is 1. The fourth-order valence-electron chi connectivity index (χ4n) is 2.27. The maximum absolute atomic E-state index is 4.66. The highest BCUT2D eigenvalue weighted by molar-refractivity contribution is 5.61. The van der Waals surface area contributed by atoms with Crippen molar-refractivity contribution in [3.05, 3.63) is 23.1 Å². The number of anilines is 1. The highest BCUT2D eigenvalue weighted by Gasteiger charge is 2.14. The lowest BCUT2D eigenvalue weighted by Gasteiger charge is -2.12. The van der Waals surface area contributed by atoms with Crippen molar-refractivity contribution in [3.63, 3.8) is 0 Å². The minimum absolute atomic E-state index is 0.747. The van der Waals surface area contributed by atoms with Crippen molar-refractivity contribution >= 4 is 5.82 Å². The fraction of sp³-hybridized carbons (Fsp3) is 0.500. The van der Waals surface area contributed by atoms with Crippen molar-refractivity contribution in [3.8, 4) is 11.4 Å². The Balaban J connectivity index is 2.56. The maximum Gasteiger partial charge on any atom is 0.165 e. The van der Waals surface area contributed by atoms with Crippen LogP contribution in [0, 0.1) is 13.8 Å². The molecule has 0 saturated carbocycles. The van der Waals surface area contributed by atoms with Crippen LogP contribution in [0.5, 0.6) is 0 Å². The molecule has 2 heterocycles. The van der Waals surface area contributed by atoms with Crippen LogP contribution in [-0.4, -0.2) is 26.3 Å². The summed E-state index contributed by atoms with van der Waals surface area (Å²) in [6.07, 6.45) is 2.89. The van der Waals surface area contributed by atoms with Crippen molar-refractivity contribution in [1.82, 2.24) is 19.7 Å². The molecule has 5 nitrogen and oxygen atoms in total. The van der Waals surface area contributed by atoms with Crippen molar-refractivity contribution in [2.45, 2.75) is 34.1 Å². The first-order valence-electron chi connectivity index (χ1n) is 6.68. The molecule has 0 aliphatic carbocycles. The molecule has 0 aliphatic heterocycles. The molecule has 0 fully saturated rings. The van der Waals surface area contributed by atoms with Crippen LogP contribution in [-0.2, 0) is 13.5 Å². The third kappa shape index (κ3) is 2.59. The van der Waals surface area contributed by atoms with Crippen molar-refractivity contribution < 1.29 is 0 Å². The van der Waals surface area contributed by atoms with E-state index in [-0.39, 0.29) is 0 Å². The van der Waals surface area contributed by atoms with E-state index in [1.807, 2.05) is 27.1 Å². The summed E-state index contributed by atoms with van der Waals surface area (Å²) in [4.78, 5) is 9.29. The highest BCUT2D eigenvalue weighted by atomic mass is 15.3. The molecule has 0 aromatic carbocycles. The van der Waals surface area contributed by atoms with Crippen LogP contribution < -0.4 is 5.32 Å². The van der Waals surface area contributed by atoms with E-state index in [9.17, 15) is 0 Å². The van der Waals surface area contributed by atoms with Crippen molar-refractivity contribution in [2.75, 3.05) is 11.9 Å². The van der Waals surface area contributed by atoms with Gasteiger partial charge in [0.2, 0.25) is 0 Å². The molecule has 102 valence electrons. The Morgan fingerprint density at radius 3 is 2.42 bits per heavy atom. The van der Waals surface area contributed by atoms with Crippen molar-refractivity contribution in [1.29, 1.82) is 0 Å². The summed E-state index contributed by atoms with van der Waals surface area (Å²) in [5.74, 6) is 1.69. The number of aromatic nitrogens is 4. The number of nitrogens with zero attached hydrogens (tertiary/aromatic N) is 4. The zero-order valence-electron chi connectivity index (χ0n) is 12.3. The van der Waals surface area contributed by atoms with Gasteiger partial charge >= 0.3 is 0 Å². The van der Waals surface area contributed by atoms with Crippen LogP contribution in [0.1, 0.15) is 30.8 Å². The molecule has 0 radical (unpaired) electrons. The summed E-state index contributed by atoms with van der Waals surface area (Å²) in [6, 6.07) is 0. The predicted molar refractivity (Wildman–Crippen MR) is 77.2 cm³/mol. The van der Waals surface area contributed by atoms with Crippen molar-refractivity contribution in [2.24, 2.45) is 7.05 Å². The number of hydrogen-bond acceptors (Lipinski definition) is 4. The molecule has 0 amide bonds. The third-order valence-corrected chi connectivity index (χ3v) is 3.17. The first-order valence-corrected chi connectivity index (χ1v) is 6.68. The van der Waals surface area contributed by atoms with E-state index in [4.69, 9.17) is 0 Å². The molecular weight excluding hydrogens is 238 g/mol. The quantitative estimate of drug-likeness (QED) is 0.916. The molecule has 2 aromatic heterocycles. The normalized spacial score (nSPS) is 10.8. The van der Waals surface area contributed by atoms with Gasteiger partial charge in [-0.3, -0.25) is 4.68 Å². The number of rotatable bonds is 4. The van der Waals surface area contributed by atoms with Gasteiger partial charge in [0.05, 0.1) is 11.3 Å². The summed E-state index contributed by atoms with van der Waals surface area (Å²) >= 11 is 0. The van der Waals surface area contributed by atoms with Gasteiger partial charge < -0.3 is 5.32 Å². The van der Waals surface area contributed by atoms with Gasteiger partial charge in [0.25, 0.3) is 0 Å². The van der Waals surface area contributed by atoms with E-state index in [0.717, 1.165) is 41.6 Å². The van der Waals surface area contributed by atoms with Gasteiger partial charge in [0.1, 0.15) is 5.82 Å². The van der Waals surface area contributed by atoms with E-state index < -0.39 is 0 Å². The second-order valence-electron chi connectivity index (χ2n) is 4.65. The Labute approximate surface area is 114 Å². The number of aryl methyl sites for hydroxylation is 3. The van der Waals surface area contributed by atoms with Crippen LogP contribution in [0.2, 0.25) is 0 Å². The van der Waals surface area contributed by atoms with Crippen LogP contribution in [0.25, 0.3) is 11.4 Å². The molecular formula is C14H21N5. The van der Waals surface area contributed by atoms with E-state index >= 15 is 0 Å². The Bertz CT molecular complexity index is 586. The Hall–Kier alpha value is -1.91. The van der Waals surface area contributed by atoms with E-state index in [2.05, 4.69) is 34.2 Å². The Kier molecular flexibility index (Phi) is 3.83. The first-order chi connectivity index (χ1) is 9.06. The molecule has 0 saturated heterocycles. The van der Waals surface area contributed by atoms with Gasteiger partial charge in [-0.15, -0.1) is 0 Å². The van der Waals surface area contributed by atoms with Crippen LogP contribution >= 0.6 is 0 Å². The molecule has 19 heavy (non-hydrogen) atoms. The summed E-state index contributed by atoms with van der Waals surface area (Å²) in [5, 5.41) is 7.68. The van der Waals surface area contributed by atoms with E-state index in [1.165, 1.54) is 5.56 Å². The zero-order chi connectivity index (χ0) is 14.0. The van der Waals surface area contributed by atoms with E-state index in [0.29, 0.717) is 0 Å². The maximum atomic E-state index is 4.66. The molecule has 0 atom stereocenters. The largest absolute Gasteiger partial charge is 0.370 e. The topological polar surface area (TPSA) is 55.6 Å². The molecule has 1 N–H and O–H groups in total. The average Bonchev–Trinajstić information content (AvgIpc) is 2.68. The standard InChI is InChI=1S/C14H21N5/c1-6-11-9(3)16-14(17-13(11)15-7-2)12-8-19(5)18-10(12)4/h8H,6-7H2,1-5H3,(H,15,16,17). The summed E-state index contributed by atoms with van der Waals surface area (Å²) in [5.41, 5.74) is 4.17. The molecule has 5 heteroatoms. The smallest absolute Gasteiger partial charge is 0.165 e. The van der Waals surface area contributed by atoms with E-state index in [1.54, 1.807) is 4.68 Å². The zero-order valence-corrected chi connectivity index (χ0v) is 12.3. The first kappa shape index (κ1) is 13.5. The van der Waals surface area contributed by atoms with Gasteiger partial charge in [0.15, 0.2) is 5.82 Å². The lowest BCUT2D eigenvalue weighted by molar-refractivity contribution is 0.756. The Morgan fingerprint density at radius 2 is 1.89 bits per heavy atom. The fourth-order valence-corrected chi connectivity index (χ4v) is 2.27. The summed E-state index contributed by atoms with van der Waals surface area (Å²) in [7, 11) is 1.91. The molecule has 0 spiro atoms. The van der Waals surface area contributed by atoms with Gasteiger partial charge in [-0.2, -0.15) is 5.10 Å².